The Balaban J connectivity index is 2.80. The third kappa shape index (κ3) is 3.20. The van der Waals surface area contributed by atoms with Crippen molar-refractivity contribution in [2.24, 2.45) is 5.92 Å². The van der Waals surface area contributed by atoms with Crippen LogP contribution in [0.25, 0.3) is 0 Å². The van der Waals surface area contributed by atoms with Gasteiger partial charge in [-0.25, -0.2) is 9.97 Å². The van der Waals surface area contributed by atoms with Crippen molar-refractivity contribution < 1.29 is 4.79 Å². The Kier molecular flexibility index (Phi) is 4.51. The van der Waals surface area contributed by atoms with Gasteiger partial charge in [0.05, 0.1) is 5.92 Å². The summed E-state index contributed by atoms with van der Waals surface area (Å²) in [5.41, 5.74) is 5.59. The Morgan fingerprint density at radius 1 is 1.65 bits per heavy atom. The molecule has 0 aliphatic rings. The number of hydrogen-bond acceptors (Lipinski definition) is 5. The van der Waals surface area contributed by atoms with Crippen molar-refractivity contribution in [1.29, 1.82) is 0 Å². The smallest absolute Gasteiger partial charge is 0.224 e. The van der Waals surface area contributed by atoms with Crippen LogP contribution in [0.3, 0.4) is 0 Å². The van der Waals surface area contributed by atoms with Crippen LogP contribution in [-0.4, -0.2) is 36.5 Å². The molecule has 0 aromatic carbocycles. The number of hydrogen-bond donors (Lipinski definition) is 2. The summed E-state index contributed by atoms with van der Waals surface area (Å²) in [5.74, 6) is 0.554. The fourth-order valence-electron chi connectivity index (χ4n) is 1.47. The van der Waals surface area contributed by atoms with Gasteiger partial charge in [-0.2, -0.15) is 0 Å². The monoisotopic (exact) mass is 257 g/mol. The summed E-state index contributed by atoms with van der Waals surface area (Å²) < 4.78 is 0. The summed E-state index contributed by atoms with van der Waals surface area (Å²) in [4.78, 5) is 21.0. The number of nitrogen functional groups attached to an aromatic ring is 1. The third-order valence-electron chi connectivity index (χ3n) is 2.40. The number of nitrogens with zero attached hydrogens (tertiary/aromatic N) is 3. The maximum Gasteiger partial charge on any atom is 0.224 e. The van der Waals surface area contributed by atoms with Crippen LogP contribution in [-0.2, 0) is 4.79 Å². The Hall–Kier alpha value is -1.56. The maximum atomic E-state index is 11.4. The lowest BCUT2D eigenvalue weighted by Gasteiger charge is -2.22. The maximum absolute atomic E-state index is 11.4. The summed E-state index contributed by atoms with van der Waals surface area (Å²) >= 11 is 5.99. The topological polar surface area (TPSA) is 84.1 Å². The molecule has 94 valence electrons. The van der Waals surface area contributed by atoms with E-state index in [1.165, 1.54) is 6.33 Å². The Morgan fingerprint density at radius 3 is 2.88 bits per heavy atom. The van der Waals surface area contributed by atoms with Gasteiger partial charge in [0.15, 0.2) is 5.82 Å². The standard InChI is InChI=1S/C10H16ClN5O/c1-6(10(17)13-2)4-16(3)9-7(11)8(12)14-5-15-9/h5-6H,4H2,1-3H3,(H,13,17)(H2,12,14,15). The molecule has 1 rings (SSSR count). The number of nitrogens with one attached hydrogen (secondary N) is 1. The van der Waals surface area contributed by atoms with Crippen LogP contribution < -0.4 is 16.0 Å². The van der Waals surface area contributed by atoms with Crippen LogP contribution in [0.5, 0.6) is 0 Å². The summed E-state index contributed by atoms with van der Waals surface area (Å²) in [6.07, 6.45) is 1.34. The average molecular weight is 258 g/mol. The quantitative estimate of drug-likeness (QED) is 0.822. The molecule has 1 aromatic heterocycles. The van der Waals surface area contributed by atoms with E-state index in [2.05, 4.69) is 15.3 Å². The van der Waals surface area contributed by atoms with Gasteiger partial charge >= 0.3 is 0 Å². The molecule has 0 fully saturated rings. The minimum atomic E-state index is -0.169. The van der Waals surface area contributed by atoms with Crippen molar-refractivity contribution >= 4 is 29.1 Å². The van der Waals surface area contributed by atoms with Crippen LogP contribution in [0, 0.1) is 5.92 Å². The zero-order valence-corrected chi connectivity index (χ0v) is 10.8. The number of rotatable bonds is 4. The van der Waals surface area contributed by atoms with E-state index in [1.807, 2.05) is 6.92 Å². The first-order valence-electron chi connectivity index (χ1n) is 5.16. The molecule has 0 radical (unpaired) electrons. The molecule has 0 saturated heterocycles. The molecule has 1 amide bonds. The van der Waals surface area contributed by atoms with Crippen LogP contribution >= 0.6 is 11.6 Å². The normalized spacial score (nSPS) is 12.0. The first-order valence-corrected chi connectivity index (χ1v) is 5.53. The molecule has 6 nitrogen and oxygen atoms in total. The van der Waals surface area contributed by atoms with Gasteiger partial charge in [0.1, 0.15) is 17.2 Å². The van der Waals surface area contributed by atoms with E-state index >= 15 is 0 Å². The molecular formula is C10H16ClN5O. The van der Waals surface area contributed by atoms with E-state index in [0.29, 0.717) is 17.4 Å². The largest absolute Gasteiger partial charge is 0.382 e. The molecular weight excluding hydrogens is 242 g/mol. The first-order chi connectivity index (χ1) is 7.97. The van der Waals surface area contributed by atoms with Crippen molar-refractivity contribution in [2.75, 3.05) is 31.3 Å². The molecule has 1 atom stereocenters. The van der Waals surface area contributed by atoms with E-state index < -0.39 is 0 Å². The lowest BCUT2D eigenvalue weighted by atomic mass is 10.1. The highest BCUT2D eigenvalue weighted by Crippen LogP contribution is 2.26. The summed E-state index contributed by atoms with van der Waals surface area (Å²) in [6.45, 7) is 2.32. The number of halogens is 1. The minimum absolute atomic E-state index is 0.0324. The Bertz CT molecular complexity index is 412. The first kappa shape index (κ1) is 13.5. The van der Waals surface area contributed by atoms with Crippen molar-refractivity contribution in [1.82, 2.24) is 15.3 Å². The Labute approximate surface area is 105 Å². The number of carbonyl (C=O) groups is 1. The SMILES string of the molecule is CNC(=O)C(C)CN(C)c1ncnc(N)c1Cl. The van der Waals surface area contributed by atoms with Crippen molar-refractivity contribution in [3.8, 4) is 0 Å². The molecule has 1 unspecified atom stereocenters. The Morgan fingerprint density at radius 2 is 2.29 bits per heavy atom. The van der Waals surface area contributed by atoms with Crippen molar-refractivity contribution in [3.63, 3.8) is 0 Å². The summed E-state index contributed by atoms with van der Waals surface area (Å²) in [6, 6.07) is 0. The van der Waals surface area contributed by atoms with Gasteiger partial charge in [-0.15, -0.1) is 0 Å². The lowest BCUT2D eigenvalue weighted by Crippen LogP contribution is -2.34. The van der Waals surface area contributed by atoms with Crippen LogP contribution in [0.1, 0.15) is 6.92 Å². The highest BCUT2D eigenvalue weighted by Gasteiger charge is 2.17. The second-order valence-corrected chi connectivity index (χ2v) is 4.17. The molecule has 0 saturated carbocycles. The van der Waals surface area contributed by atoms with Crippen molar-refractivity contribution in [2.45, 2.75) is 6.92 Å². The van der Waals surface area contributed by atoms with Crippen LogP contribution in [0.15, 0.2) is 6.33 Å². The molecule has 0 spiro atoms. The predicted molar refractivity (Wildman–Crippen MR) is 68.0 cm³/mol. The predicted octanol–water partition coefficient (Wildman–Crippen LogP) is 0.531. The third-order valence-corrected chi connectivity index (χ3v) is 2.76. The van der Waals surface area contributed by atoms with Crippen molar-refractivity contribution in [3.05, 3.63) is 11.3 Å². The fraction of sp³-hybridized carbons (Fsp3) is 0.500. The fourth-order valence-corrected chi connectivity index (χ4v) is 1.71. The van der Waals surface area contributed by atoms with Gasteiger partial charge in [-0.3, -0.25) is 4.79 Å². The van der Waals surface area contributed by atoms with Crippen LogP contribution in [0.2, 0.25) is 5.02 Å². The molecule has 0 aliphatic carbocycles. The highest BCUT2D eigenvalue weighted by atomic mass is 35.5. The molecule has 17 heavy (non-hydrogen) atoms. The van der Waals surface area contributed by atoms with E-state index in [1.54, 1.807) is 19.0 Å². The number of anilines is 2. The molecule has 1 aromatic rings. The van der Waals surface area contributed by atoms with E-state index in [-0.39, 0.29) is 17.6 Å². The highest BCUT2D eigenvalue weighted by molar-refractivity contribution is 6.35. The van der Waals surface area contributed by atoms with Gasteiger partial charge in [0.2, 0.25) is 5.91 Å². The molecule has 1 heterocycles. The number of aromatic nitrogens is 2. The van der Waals surface area contributed by atoms with Gasteiger partial charge in [-0.05, 0) is 0 Å². The van der Waals surface area contributed by atoms with E-state index in [9.17, 15) is 4.79 Å². The molecule has 7 heteroatoms. The van der Waals surface area contributed by atoms with Gasteiger partial charge < -0.3 is 16.0 Å². The minimum Gasteiger partial charge on any atom is -0.382 e. The average Bonchev–Trinajstić information content (AvgIpc) is 2.31. The molecule has 0 aliphatic heterocycles. The zero-order chi connectivity index (χ0) is 13.0. The van der Waals surface area contributed by atoms with Gasteiger partial charge in [0, 0.05) is 20.6 Å². The second-order valence-electron chi connectivity index (χ2n) is 3.79. The molecule has 0 bridgehead atoms. The lowest BCUT2D eigenvalue weighted by molar-refractivity contribution is -0.123. The zero-order valence-electron chi connectivity index (χ0n) is 10.1. The summed E-state index contributed by atoms with van der Waals surface area (Å²) in [7, 11) is 3.40. The number of amides is 1. The van der Waals surface area contributed by atoms with Gasteiger partial charge in [0.25, 0.3) is 0 Å². The van der Waals surface area contributed by atoms with E-state index in [4.69, 9.17) is 17.3 Å². The van der Waals surface area contributed by atoms with Gasteiger partial charge in [-0.1, -0.05) is 18.5 Å². The number of carbonyl (C=O) groups excluding carboxylic acids is 1. The van der Waals surface area contributed by atoms with E-state index in [0.717, 1.165) is 0 Å². The van der Waals surface area contributed by atoms with Crippen LogP contribution in [0.4, 0.5) is 11.6 Å². The summed E-state index contributed by atoms with van der Waals surface area (Å²) in [5, 5.41) is 2.90. The second kappa shape index (κ2) is 5.67. The molecule has 3 N–H and O–H groups in total. The number of nitrogens with two attached hydrogens (primary N) is 1.